The van der Waals surface area contributed by atoms with Crippen LogP contribution >= 0.6 is 23.5 Å². The second-order valence-electron chi connectivity index (χ2n) is 16.4. The number of amidine groups is 2. The molecule has 13 heteroatoms. The smallest absolute Gasteiger partial charge is 0.313 e. The minimum Gasteiger partial charge on any atom is -0.481 e. The molecule has 0 saturated heterocycles. The van der Waals surface area contributed by atoms with Gasteiger partial charge in [-0.05, 0) is 122 Å². The number of anilines is 3. The molecule has 2 heterocycles. The van der Waals surface area contributed by atoms with E-state index in [1.165, 1.54) is 0 Å². The van der Waals surface area contributed by atoms with Crippen molar-refractivity contribution in [1.29, 1.82) is 0 Å². The zero-order valence-corrected chi connectivity index (χ0v) is 40.6. The number of benzene rings is 7. The molecule has 9 rings (SSSR count). The molecule has 11 nitrogen and oxygen atoms in total. The van der Waals surface area contributed by atoms with Crippen molar-refractivity contribution in [1.82, 2.24) is 10.6 Å². The van der Waals surface area contributed by atoms with Crippen LogP contribution in [0.4, 0.5) is 17.1 Å². The van der Waals surface area contributed by atoms with Crippen LogP contribution in [0.3, 0.4) is 0 Å². The molecule has 0 fully saturated rings. The van der Waals surface area contributed by atoms with Crippen molar-refractivity contribution in [2.75, 3.05) is 16.6 Å². The monoisotopic (exact) mass is 995 g/mol. The first kappa shape index (κ1) is 49.0. The minimum absolute atomic E-state index is 0.0634. The largest absolute Gasteiger partial charge is 0.481 e. The summed E-state index contributed by atoms with van der Waals surface area (Å²) in [5.41, 5.74) is 13.6. The van der Waals surface area contributed by atoms with Crippen molar-refractivity contribution in [2.24, 2.45) is 9.98 Å². The highest BCUT2D eigenvalue weighted by atomic mass is 32.2. The number of carboxylic acids is 1. The summed E-state index contributed by atoms with van der Waals surface area (Å²) < 4.78 is 4.69. The SMILES string of the molecule is O=COCSC1=N/C(=C\c2ccc(/C=C/c3ccc(N(c4ccc(C=C(c5ccccc5)c5ccccc5)cc4)c4ccc(/C=C/c5ccc(/C=C6\N=C(SCC(=O)O)NC6=O)cc5)cc4)cc3)cc2)C(=O)N1. The molecule has 73 heavy (non-hydrogen) atoms. The van der Waals surface area contributed by atoms with Crippen molar-refractivity contribution in [3.8, 4) is 0 Å². The molecule has 0 aliphatic carbocycles. The van der Waals surface area contributed by atoms with Crippen LogP contribution in [0.5, 0.6) is 0 Å². The normalized spacial score (nSPS) is 14.2. The molecule has 7 aromatic carbocycles. The van der Waals surface area contributed by atoms with Gasteiger partial charge in [0.25, 0.3) is 18.3 Å². The van der Waals surface area contributed by atoms with Gasteiger partial charge in [-0.15, -0.1) is 0 Å². The standard InChI is InChI=1S/C60H45N5O6S2/c66-39-71-40-73-60-62-55(58(70)64-60)37-47-21-17-42(18-22-47)12-14-44-25-31-51(32-26-44)65(52-33-27-45(28-34-52)35-53(48-7-3-1-4-8-48)49-9-5-2-6-10-49)50-29-23-43(24-30-50)13-11-41-15-19-46(20-16-41)36-54-57(69)63-59(61-54)72-38-56(67)68/h1-37,39H,38,40H2,(H,67,68)(H,61,63,69)(H,62,64,70)/b13-11+,14-12+,54-36-,55-37-. The molecular formula is C60H45N5O6S2. The number of carbonyl (C=O) groups excluding carboxylic acids is 3. The van der Waals surface area contributed by atoms with Crippen LogP contribution in [0.15, 0.2) is 203 Å². The summed E-state index contributed by atoms with van der Waals surface area (Å²) >= 11 is 2.10. The molecule has 0 bridgehead atoms. The van der Waals surface area contributed by atoms with Crippen LogP contribution in [0.1, 0.15) is 50.1 Å². The molecule has 2 amide bonds. The second-order valence-corrected chi connectivity index (χ2v) is 18.3. The third-order valence-corrected chi connectivity index (χ3v) is 12.9. The Morgan fingerprint density at radius 3 is 1.27 bits per heavy atom. The van der Waals surface area contributed by atoms with Crippen molar-refractivity contribution >= 4 is 123 Å². The molecular weight excluding hydrogens is 951 g/mol. The van der Waals surface area contributed by atoms with Gasteiger partial charge in [0.15, 0.2) is 10.3 Å². The Labute approximate surface area is 430 Å². The Balaban J connectivity index is 0.937. The van der Waals surface area contributed by atoms with Gasteiger partial charge in [-0.1, -0.05) is 182 Å². The lowest BCUT2D eigenvalue weighted by atomic mass is 9.95. The van der Waals surface area contributed by atoms with E-state index in [-0.39, 0.29) is 40.1 Å². The van der Waals surface area contributed by atoms with E-state index >= 15 is 0 Å². The topological polar surface area (TPSA) is 150 Å². The fourth-order valence-electron chi connectivity index (χ4n) is 7.76. The third kappa shape index (κ3) is 13.2. The lowest BCUT2D eigenvalue weighted by Crippen LogP contribution is -2.22. The Morgan fingerprint density at radius 2 is 0.877 bits per heavy atom. The number of nitrogens with zero attached hydrogens (tertiary/aromatic N) is 3. The molecule has 2 aliphatic rings. The first-order valence-electron chi connectivity index (χ1n) is 23.0. The number of aliphatic imine (C=N–C) groups is 2. The van der Waals surface area contributed by atoms with Crippen LogP contribution in [-0.2, 0) is 23.9 Å². The number of thioether (sulfide) groups is 2. The van der Waals surface area contributed by atoms with E-state index in [4.69, 9.17) is 5.11 Å². The highest BCUT2D eigenvalue weighted by Gasteiger charge is 2.22. The number of nitrogens with one attached hydrogen (secondary N) is 2. The zero-order chi connectivity index (χ0) is 50.4. The average molecular weight is 996 g/mol. The van der Waals surface area contributed by atoms with Gasteiger partial charge in [-0.25, -0.2) is 9.98 Å². The first-order chi connectivity index (χ1) is 35.7. The molecule has 358 valence electrons. The molecule has 0 spiro atoms. The van der Waals surface area contributed by atoms with Gasteiger partial charge in [0, 0.05) is 17.1 Å². The van der Waals surface area contributed by atoms with E-state index in [0.29, 0.717) is 11.6 Å². The minimum atomic E-state index is -0.983. The molecule has 7 aromatic rings. The van der Waals surface area contributed by atoms with Crippen LogP contribution in [-0.4, -0.2) is 51.4 Å². The van der Waals surface area contributed by atoms with E-state index in [0.717, 1.165) is 96.2 Å². The number of ether oxygens (including phenoxy) is 1. The Kier molecular flexibility index (Phi) is 15.9. The summed E-state index contributed by atoms with van der Waals surface area (Å²) in [5, 5.41) is 14.9. The predicted molar refractivity (Wildman–Crippen MR) is 299 cm³/mol. The predicted octanol–water partition coefficient (Wildman–Crippen LogP) is 12.4. The Morgan fingerprint density at radius 1 is 0.507 bits per heavy atom. The van der Waals surface area contributed by atoms with E-state index in [1.54, 1.807) is 12.2 Å². The van der Waals surface area contributed by atoms with Gasteiger partial charge in [0.2, 0.25) is 0 Å². The van der Waals surface area contributed by atoms with Crippen LogP contribution < -0.4 is 15.5 Å². The maximum atomic E-state index is 12.4. The molecule has 0 aromatic heterocycles. The van der Waals surface area contributed by atoms with Gasteiger partial charge in [0.05, 0.1) is 5.75 Å². The van der Waals surface area contributed by atoms with Crippen molar-refractivity contribution in [3.05, 3.63) is 243 Å². The number of carbonyl (C=O) groups is 4. The molecule has 0 radical (unpaired) electrons. The van der Waals surface area contributed by atoms with Gasteiger partial charge < -0.3 is 14.7 Å². The van der Waals surface area contributed by atoms with Gasteiger partial charge in [-0.2, -0.15) is 0 Å². The number of aliphatic carboxylic acids is 1. The second kappa shape index (κ2) is 23.7. The van der Waals surface area contributed by atoms with Gasteiger partial charge in [-0.3, -0.25) is 29.8 Å². The fourth-order valence-corrected chi connectivity index (χ4v) is 8.91. The highest BCUT2D eigenvalue weighted by molar-refractivity contribution is 8.14. The zero-order valence-electron chi connectivity index (χ0n) is 39.0. The van der Waals surface area contributed by atoms with Crippen LogP contribution in [0, 0.1) is 0 Å². The Hall–Kier alpha value is -9.04. The molecule has 0 unspecified atom stereocenters. The maximum Gasteiger partial charge on any atom is 0.313 e. The van der Waals surface area contributed by atoms with E-state index in [9.17, 15) is 19.2 Å². The fraction of sp³-hybridized carbons (Fsp3) is 0.0333. The molecule has 0 saturated carbocycles. The van der Waals surface area contributed by atoms with E-state index in [2.05, 4.69) is 170 Å². The summed E-state index contributed by atoms with van der Waals surface area (Å²) in [4.78, 5) is 57.0. The summed E-state index contributed by atoms with van der Waals surface area (Å²) in [5.74, 6) is -1.79. The van der Waals surface area contributed by atoms with E-state index < -0.39 is 5.97 Å². The van der Waals surface area contributed by atoms with Crippen molar-refractivity contribution < 1.29 is 29.0 Å². The number of hydrogen-bond donors (Lipinski definition) is 3. The van der Waals surface area contributed by atoms with Crippen LogP contribution in [0.25, 0.3) is 48.1 Å². The summed E-state index contributed by atoms with van der Waals surface area (Å²) in [6.45, 7) is 0.352. The molecule has 3 N–H and O–H groups in total. The van der Waals surface area contributed by atoms with Gasteiger partial charge >= 0.3 is 5.97 Å². The van der Waals surface area contributed by atoms with Crippen molar-refractivity contribution in [2.45, 2.75) is 0 Å². The summed E-state index contributed by atoms with van der Waals surface area (Å²) in [7, 11) is 0. The quantitative estimate of drug-likeness (QED) is 0.0266. The number of rotatable bonds is 17. The van der Waals surface area contributed by atoms with Crippen molar-refractivity contribution in [3.63, 3.8) is 0 Å². The first-order valence-corrected chi connectivity index (χ1v) is 25.0. The third-order valence-electron chi connectivity index (χ3n) is 11.4. The average Bonchev–Trinajstić information content (AvgIpc) is 3.96. The lowest BCUT2D eigenvalue weighted by molar-refractivity contribution is -0.134. The summed E-state index contributed by atoms with van der Waals surface area (Å²) in [6.07, 6.45) is 13.8. The summed E-state index contributed by atoms with van der Waals surface area (Å²) in [6, 6.07) is 61.9. The lowest BCUT2D eigenvalue weighted by Gasteiger charge is -2.26. The Bertz CT molecular complexity index is 3310. The maximum absolute atomic E-state index is 12.4. The number of amides is 2. The highest BCUT2D eigenvalue weighted by Crippen LogP contribution is 2.36. The van der Waals surface area contributed by atoms with Gasteiger partial charge in [0.1, 0.15) is 17.3 Å². The number of hydrogen-bond acceptors (Lipinski definition) is 10. The number of carboxylic acid groups (broad SMARTS) is 1. The molecule has 2 aliphatic heterocycles. The molecule has 0 atom stereocenters. The van der Waals surface area contributed by atoms with Crippen LogP contribution in [0.2, 0.25) is 0 Å². The van der Waals surface area contributed by atoms with E-state index in [1.807, 2.05) is 72.8 Å².